The van der Waals surface area contributed by atoms with Crippen LogP contribution in [-0.2, 0) is 14.3 Å². The van der Waals surface area contributed by atoms with Gasteiger partial charge in [-0.1, -0.05) is 18.2 Å². The molecule has 1 heterocycles. The Morgan fingerprint density at radius 2 is 1.81 bits per heavy atom. The van der Waals surface area contributed by atoms with Gasteiger partial charge in [-0.3, -0.25) is 14.5 Å². The van der Waals surface area contributed by atoms with Crippen molar-refractivity contribution >= 4 is 17.5 Å². The molecule has 6 nitrogen and oxygen atoms in total. The Labute approximate surface area is 124 Å². The number of rotatable bonds is 5. The molecule has 1 aliphatic rings. The van der Waals surface area contributed by atoms with Gasteiger partial charge < -0.3 is 15.0 Å². The van der Waals surface area contributed by atoms with E-state index < -0.39 is 0 Å². The predicted molar refractivity (Wildman–Crippen MR) is 80.0 cm³/mol. The molecule has 0 aromatic heterocycles. The molecule has 1 saturated heterocycles. The lowest BCUT2D eigenvalue weighted by Crippen LogP contribution is -2.51. The number of nitrogens with one attached hydrogen (secondary N) is 1. The van der Waals surface area contributed by atoms with E-state index in [4.69, 9.17) is 4.74 Å². The molecular formula is C15H21N3O3. The molecule has 1 aliphatic heterocycles. The summed E-state index contributed by atoms with van der Waals surface area (Å²) in [6.45, 7) is 3.16. The normalized spacial score (nSPS) is 15.8. The van der Waals surface area contributed by atoms with Crippen molar-refractivity contribution in [2.24, 2.45) is 0 Å². The van der Waals surface area contributed by atoms with Crippen molar-refractivity contribution in [2.75, 3.05) is 51.8 Å². The molecule has 0 radical (unpaired) electrons. The van der Waals surface area contributed by atoms with E-state index >= 15 is 0 Å². The van der Waals surface area contributed by atoms with Crippen LogP contribution in [0, 0.1) is 0 Å². The largest absolute Gasteiger partial charge is 0.375 e. The van der Waals surface area contributed by atoms with Gasteiger partial charge >= 0.3 is 0 Å². The van der Waals surface area contributed by atoms with E-state index in [1.54, 1.807) is 4.90 Å². The van der Waals surface area contributed by atoms with Crippen LogP contribution >= 0.6 is 0 Å². The average molecular weight is 291 g/mol. The molecule has 1 N–H and O–H groups in total. The van der Waals surface area contributed by atoms with Gasteiger partial charge in [0, 0.05) is 39.0 Å². The number of nitrogens with zero attached hydrogens (tertiary/aromatic N) is 2. The molecule has 21 heavy (non-hydrogen) atoms. The maximum absolute atomic E-state index is 11.9. The predicted octanol–water partition coefficient (Wildman–Crippen LogP) is 0.416. The van der Waals surface area contributed by atoms with Crippen LogP contribution in [0.4, 0.5) is 5.69 Å². The highest BCUT2D eigenvalue weighted by molar-refractivity contribution is 5.92. The smallest absolute Gasteiger partial charge is 0.248 e. The van der Waals surface area contributed by atoms with E-state index in [2.05, 4.69) is 10.2 Å². The van der Waals surface area contributed by atoms with Crippen molar-refractivity contribution in [3.05, 3.63) is 30.3 Å². The standard InChI is InChI=1S/C15H21N3O3/c1-21-12-15(20)18-9-7-17(8-10-18)11-14(19)16-13-5-3-2-4-6-13/h2-6H,7-12H2,1H3,(H,16,19). The first-order valence-corrected chi connectivity index (χ1v) is 7.03. The second-order valence-corrected chi connectivity index (χ2v) is 5.00. The molecule has 2 amide bonds. The first-order valence-electron chi connectivity index (χ1n) is 7.03. The van der Waals surface area contributed by atoms with Gasteiger partial charge in [0.15, 0.2) is 0 Å². The van der Waals surface area contributed by atoms with Crippen LogP contribution in [0.3, 0.4) is 0 Å². The van der Waals surface area contributed by atoms with Gasteiger partial charge in [0.1, 0.15) is 6.61 Å². The number of anilines is 1. The van der Waals surface area contributed by atoms with E-state index in [1.165, 1.54) is 7.11 Å². The molecular weight excluding hydrogens is 270 g/mol. The number of carbonyl (C=O) groups excluding carboxylic acids is 2. The average Bonchev–Trinajstić information content (AvgIpc) is 2.49. The Balaban J connectivity index is 1.73. The molecule has 1 aromatic carbocycles. The molecule has 0 unspecified atom stereocenters. The maximum atomic E-state index is 11.9. The fraction of sp³-hybridized carbons (Fsp3) is 0.467. The van der Waals surface area contributed by atoms with Crippen LogP contribution in [0.2, 0.25) is 0 Å². The molecule has 0 atom stereocenters. The van der Waals surface area contributed by atoms with Gasteiger partial charge in [0.05, 0.1) is 6.54 Å². The lowest BCUT2D eigenvalue weighted by molar-refractivity contribution is -0.137. The first-order chi connectivity index (χ1) is 10.2. The van der Waals surface area contributed by atoms with E-state index in [0.29, 0.717) is 32.7 Å². The molecule has 0 saturated carbocycles. The lowest BCUT2D eigenvalue weighted by atomic mass is 10.3. The molecule has 0 spiro atoms. The van der Waals surface area contributed by atoms with Crippen LogP contribution in [0.25, 0.3) is 0 Å². The summed E-state index contributed by atoms with van der Waals surface area (Å²) < 4.78 is 4.85. The maximum Gasteiger partial charge on any atom is 0.248 e. The number of carbonyl (C=O) groups is 2. The van der Waals surface area contributed by atoms with Crippen LogP contribution in [0.5, 0.6) is 0 Å². The molecule has 1 aromatic rings. The topological polar surface area (TPSA) is 61.9 Å². The summed E-state index contributed by atoms with van der Waals surface area (Å²) in [5, 5.41) is 2.86. The molecule has 1 fully saturated rings. The van der Waals surface area contributed by atoms with E-state index in [9.17, 15) is 9.59 Å². The number of amides is 2. The second-order valence-electron chi connectivity index (χ2n) is 5.00. The number of methoxy groups -OCH3 is 1. The number of hydrogen-bond acceptors (Lipinski definition) is 4. The summed E-state index contributed by atoms with van der Waals surface area (Å²) in [5.74, 6) is -0.0243. The van der Waals surface area contributed by atoms with Crippen molar-refractivity contribution in [1.82, 2.24) is 9.80 Å². The summed E-state index contributed by atoms with van der Waals surface area (Å²) >= 11 is 0. The van der Waals surface area contributed by atoms with Gasteiger partial charge in [-0.15, -0.1) is 0 Å². The second kappa shape index (κ2) is 7.75. The van der Waals surface area contributed by atoms with Crippen LogP contribution in [-0.4, -0.2) is 68.1 Å². The van der Waals surface area contributed by atoms with Gasteiger partial charge in [0.25, 0.3) is 0 Å². The van der Waals surface area contributed by atoms with Crippen molar-refractivity contribution in [3.63, 3.8) is 0 Å². The molecule has 114 valence electrons. The van der Waals surface area contributed by atoms with Crippen molar-refractivity contribution in [2.45, 2.75) is 0 Å². The quantitative estimate of drug-likeness (QED) is 0.854. The highest BCUT2D eigenvalue weighted by atomic mass is 16.5. The SMILES string of the molecule is COCC(=O)N1CCN(CC(=O)Nc2ccccc2)CC1. The Bertz CT molecular complexity index is 470. The van der Waals surface area contributed by atoms with Crippen LogP contribution in [0.1, 0.15) is 0 Å². The number of ether oxygens (including phenoxy) is 1. The monoisotopic (exact) mass is 291 g/mol. The third kappa shape index (κ3) is 4.84. The van der Waals surface area contributed by atoms with Gasteiger partial charge in [0.2, 0.25) is 11.8 Å². The number of hydrogen-bond donors (Lipinski definition) is 1. The summed E-state index contributed by atoms with van der Waals surface area (Å²) in [6, 6.07) is 9.40. The minimum atomic E-state index is -0.0298. The fourth-order valence-electron chi connectivity index (χ4n) is 2.30. The zero-order valence-corrected chi connectivity index (χ0v) is 12.2. The summed E-state index contributed by atoms with van der Waals surface area (Å²) in [6.07, 6.45) is 0. The Kier molecular flexibility index (Phi) is 5.71. The Hall–Kier alpha value is -1.92. The van der Waals surface area contributed by atoms with E-state index in [0.717, 1.165) is 5.69 Å². The lowest BCUT2D eigenvalue weighted by Gasteiger charge is -2.34. The first kappa shape index (κ1) is 15.5. The highest BCUT2D eigenvalue weighted by Gasteiger charge is 2.22. The number of piperazine rings is 1. The molecule has 0 aliphatic carbocycles. The number of para-hydroxylation sites is 1. The van der Waals surface area contributed by atoms with Crippen molar-refractivity contribution < 1.29 is 14.3 Å². The third-order valence-electron chi connectivity index (χ3n) is 3.42. The molecule has 0 bridgehead atoms. The van der Waals surface area contributed by atoms with Crippen LogP contribution < -0.4 is 5.32 Å². The molecule has 6 heteroatoms. The minimum Gasteiger partial charge on any atom is -0.375 e. The van der Waals surface area contributed by atoms with Crippen molar-refractivity contribution in [1.29, 1.82) is 0 Å². The number of benzene rings is 1. The Morgan fingerprint density at radius 1 is 1.14 bits per heavy atom. The van der Waals surface area contributed by atoms with Gasteiger partial charge in [-0.05, 0) is 12.1 Å². The zero-order valence-electron chi connectivity index (χ0n) is 12.2. The van der Waals surface area contributed by atoms with Crippen LogP contribution in [0.15, 0.2) is 30.3 Å². The van der Waals surface area contributed by atoms with Gasteiger partial charge in [-0.25, -0.2) is 0 Å². The summed E-state index contributed by atoms with van der Waals surface area (Å²) in [4.78, 5) is 27.4. The third-order valence-corrected chi connectivity index (χ3v) is 3.42. The highest BCUT2D eigenvalue weighted by Crippen LogP contribution is 2.06. The van der Waals surface area contributed by atoms with Gasteiger partial charge in [-0.2, -0.15) is 0 Å². The minimum absolute atomic E-state index is 0.00545. The zero-order chi connectivity index (χ0) is 15.1. The molecule has 2 rings (SSSR count). The summed E-state index contributed by atoms with van der Waals surface area (Å²) in [5.41, 5.74) is 0.802. The van der Waals surface area contributed by atoms with E-state index in [-0.39, 0.29) is 18.4 Å². The fourth-order valence-corrected chi connectivity index (χ4v) is 2.30. The van der Waals surface area contributed by atoms with Crippen molar-refractivity contribution in [3.8, 4) is 0 Å². The Morgan fingerprint density at radius 3 is 2.43 bits per heavy atom. The van der Waals surface area contributed by atoms with E-state index in [1.807, 2.05) is 30.3 Å². The summed E-state index contributed by atoms with van der Waals surface area (Å²) in [7, 11) is 1.52.